The van der Waals surface area contributed by atoms with Gasteiger partial charge in [0.15, 0.2) is 12.6 Å². The Labute approximate surface area is 321 Å². The Hall–Kier alpha value is -1.50. The molecule has 0 aromatic rings. The van der Waals surface area contributed by atoms with Gasteiger partial charge in [-0.2, -0.15) is 0 Å². The number of hydrogen-bond donors (Lipinski definition) is 4. The lowest BCUT2D eigenvalue weighted by atomic mass is 9.76. The molecule has 0 radical (unpaired) electrons. The zero-order valence-electron chi connectivity index (χ0n) is 34.7. The van der Waals surface area contributed by atoms with Crippen molar-refractivity contribution in [2.24, 2.45) is 34.7 Å². The molecule has 0 amide bonds. The minimum atomic E-state index is -1.86. The molecular weight excluding hydrogens is 704 g/mol. The van der Waals surface area contributed by atoms with Crippen LogP contribution in [0.4, 0.5) is 0 Å². The predicted octanol–water partition coefficient (Wildman–Crippen LogP) is 2.83. The van der Waals surface area contributed by atoms with Crippen molar-refractivity contribution < 1.29 is 63.2 Å². The van der Waals surface area contributed by atoms with E-state index in [1.54, 1.807) is 34.6 Å². The first kappa shape index (κ1) is 45.2. The smallest absolute Gasteiger partial charge is 0.311 e. The number of fused-ring (bicyclic) bond motifs is 3. The molecule has 314 valence electrons. The van der Waals surface area contributed by atoms with Gasteiger partial charge in [0.05, 0.1) is 53.9 Å². The number of aliphatic hydroxyl groups is 4. The average Bonchev–Trinajstić information content (AvgIpc) is 3.11. The highest BCUT2D eigenvalue weighted by molar-refractivity contribution is 5.88. The lowest BCUT2D eigenvalue weighted by Crippen LogP contribution is -2.59. The molecule has 0 saturated carbocycles. The van der Waals surface area contributed by atoms with Crippen molar-refractivity contribution in [3.8, 4) is 0 Å². The molecule has 3 fully saturated rings. The van der Waals surface area contributed by atoms with E-state index in [2.05, 4.69) is 5.16 Å². The van der Waals surface area contributed by atoms with E-state index in [9.17, 15) is 25.2 Å². The molecule has 15 nitrogen and oxygen atoms in total. The zero-order valence-corrected chi connectivity index (χ0v) is 34.7. The molecule has 2 bridgehead atoms. The molecule has 0 spiro atoms. The number of esters is 1. The molecule has 4 aliphatic rings. The summed E-state index contributed by atoms with van der Waals surface area (Å²) >= 11 is 0. The van der Waals surface area contributed by atoms with Crippen LogP contribution in [-0.2, 0) is 42.8 Å². The number of ether oxygens (including phenoxy) is 7. The van der Waals surface area contributed by atoms with E-state index >= 15 is 0 Å². The van der Waals surface area contributed by atoms with Crippen LogP contribution in [0.3, 0.4) is 0 Å². The second-order valence-electron chi connectivity index (χ2n) is 17.1. The van der Waals surface area contributed by atoms with Gasteiger partial charge >= 0.3 is 5.97 Å². The Kier molecular flexibility index (Phi) is 15.4. The number of hydrogen-bond acceptors (Lipinski definition) is 15. The molecular formula is C39H70N2O13. The maximum atomic E-state index is 14.3. The first-order valence-electron chi connectivity index (χ1n) is 19.8. The van der Waals surface area contributed by atoms with Crippen molar-refractivity contribution in [3.63, 3.8) is 0 Å². The van der Waals surface area contributed by atoms with Crippen LogP contribution in [0.1, 0.15) is 94.9 Å². The molecule has 4 aliphatic heterocycles. The van der Waals surface area contributed by atoms with Crippen molar-refractivity contribution >= 4 is 11.7 Å². The monoisotopic (exact) mass is 774 g/mol. The normalized spacial score (nSPS) is 49.8. The quantitative estimate of drug-likeness (QED) is 0.277. The first-order chi connectivity index (χ1) is 25.2. The van der Waals surface area contributed by atoms with Crippen molar-refractivity contribution in [2.45, 2.75) is 180 Å². The largest absolute Gasteiger partial charge is 0.459 e. The van der Waals surface area contributed by atoms with Gasteiger partial charge in [0, 0.05) is 43.2 Å². The van der Waals surface area contributed by atoms with Crippen LogP contribution in [-0.4, -0.2) is 150 Å². The van der Waals surface area contributed by atoms with Crippen molar-refractivity contribution in [1.29, 1.82) is 0 Å². The summed E-state index contributed by atoms with van der Waals surface area (Å²) in [6.45, 7) is 17.9. The van der Waals surface area contributed by atoms with Crippen LogP contribution in [0.5, 0.6) is 0 Å². The average molecular weight is 775 g/mol. The standard InChI is InChI=1S/C39H70N2O13/c1-14-28-39(10,46)34(43)22(5)30-19(2)15-27(48-18-49-40-30)21(4)32(54-37-31(42)26(41(11)12)16-20(3)50-37)23(6)33(24(7)36(45)52-28)53-29-17-38(9,47-13)35(44)25(8)51-29/h19-29,31-35,37,42-44,46H,14-18H2,1-13H3/b40-30+/t19-,20-,21+,22+,23-,24-,25+,26+,27-,28-,29+,31-,32+,33+,34-,35+,37+,38-,39-/m1/s1. The Balaban J connectivity index is 1.85. The summed E-state index contributed by atoms with van der Waals surface area (Å²) in [7, 11) is 5.34. The summed E-state index contributed by atoms with van der Waals surface area (Å²) in [5.41, 5.74) is -2.33. The SMILES string of the molecule is CC[C@H]1OC(=O)[C@H](C)[C@@H](O[C@H]2C[C@@](C)(OC)[C@@H](O)[C@H](C)O2)[C@H](C)[C@@H](O[C@@H]2O[C@H](C)C[C@H](N(C)C)[C@H]2O)[C@@H](C)[C@H]2C[C@@H](C)/C(=N\OCO2)[C@H](C)[C@@H](O)[C@]1(C)O. The van der Waals surface area contributed by atoms with Crippen LogP contribution in [0.25, 0.3) is 0 Å². The number of oxime groups is 1. The molecule has 15 heteroatoms. The molecule has 0 aromatic carbocycles. The van der Waals surface area contributed by atoms with Crippen molar-refractivity contribution in [2.75, 3.05) is 28.0 Å². The van der Waals surface area contributed by atoms with E-state index in [0.29, 0.717) is 18.6 Å². The summed E-state index contributed by atoms with van der Waals surface area (Å²) < 4.78 is 44.4. The highest BCUT2D eigenvalue weighted by atomic mass is 16.7. The number of aliphatic hydroxyl groups excluding tert-OH is 3. The molecule has 4 heterocycles. The summed E-state index contributed by atoms with van der Waals surface area (Å²) in [4.78, 5) is 21.9. The Morgan fingerprint density at radius 1 is 0.907 bits per heavy atom. The highest BCUT2D eigenvalue weighted by Gasteiger charge is 2.52. The number of methoxy groups -OCH3 is 1. The molecule has 0 unspecified atom stereocenters. The van der Waals surface area contributed by atoms with Gasteiger partial charge in [-0.05, 0) is 68.0 Å². The second kappa shape index (κ2) is 18.4. The summed E-state index contributed by atoms with van der Waals surface area (Å²) in [6.07, 6.45) is -7.90. The first-order valence-corrected chi connectivity index (χ1v) is 19.8. The lowest BCUT2D eigenvalue weighted by molar-refractivity contribution is -0.311. The number of nitrogens with zero attached hydrogens (tertiary/aromatic N) is 2. The molecule has 54 heavy (non-hydrogen) atoms. The zero-order chi connectivity index (χ0) is 40.4. The molecule has 3 saturated heterocycles. The van der Waals surface area contributed by atoms with Gasteiger partial charge in [-0.25, -0.2) is 0 Å². The molecule has 0 aromatic heterocycles. The molecule has 4 N–H and O–H groups in total. The molecule has 19 atom stereocenters. The number of rotatable bonds is 7. The number of cyclic esters (lactones) is 1. The maximum absolute atomic E-state index is 14.3. The fraction of sp³-hybridized carbons (Fsp3) is 0.949. The second-order valence-corrected chi connectivity index (χ2v) is 17.1. The van der Waals surface area contributed by atoms with Crippen LogP contribution >= 0.6 is 0 Å². The van der Waals surface area contributed by atoms with Gasteiger partial charge in [0.2, 0.25) is 6.79 Å². The van der Waals surface area contributed by atoms with Gasteiger partial charge < -0.3 is 63.3 Å². The third kappa shape index (κ3) is 9.61. The van der Waals surface area contributed by atoms with Crippen LogP contribution in [0, 0.1) is 29.6 Å². The third-order valence-electron chi connectivity index (χ3n) is 12.8. The minimum absolute atomic E-state index is 0.159. The van der Waals surface area contributed by atoms with Gasteiger partial charge in [0.25, 0.3) is 0 Å². The van der Waals surface area contributed by atoms with Crippen molar-refractivity contribution in [3.05, 3.63) is 0 Å². The summed E-state index contributed by atoms with van der Waals surface area (Å²) in [6, 6.07) is -0.237. The minimum Gasteiger partial charge on any atom is -0.459 e. The van der Waals surface area contributed by atoms with Crippen LogP contribution < -0.4 is 0 Å². The maximum Gasteiger partial charge on any atom is 0.311 e. The van der Waals surface area contributed by atoms with Crippen molar-refractivity contribution in [1.82, 2.24) is 4.90 Å². The topological polar surface area (TPSA) is 187 Å². The highest BCUT2D eigenvalue weighted by Crippen LogP contribution is 2.40. The van der Waals surface area contributed by atoms with Crippen LogP contribution in [0.15, 0.2) is 5.16 Å². The third-order valence-corrected chi connectivity index (χ3v) is 12.8. The number of likely N-dealkylation sites (N-methyl/N-ethyl adjacent to an activating group) is 1. The molecule has 4 rings (SSSR count). The van der Waals surface area contributed by atoms with E-state index < -0.39 is 102 Å². The van der Waals surface area contributed by atoms with E-state index in [1.165, 1.54) is 14.0 Å². The van der Waals surface area contributed by atoms with Gasteiger partial charge in [0.1, 0.15) is 23.9 Å². The Bertz CT molecular complexity index is 1250. The van der Waals surface area contributed by atoms with Crippen LogP contribution in [0.2, 0.25) is 0 Å². The Morgan fingerprint density at radius 3 is 2.19 bits per heavy atom. The Morgan fingerprint density at radius 2 is 1.57 bits per heavy atom. The van der Waals surface area contributed by atoms with E-state index in [0.717, 1.165) is 0 Å². The summed E-state index contributed by atoms with van der Waals surface area (Å²) in [5.74, 6) is -3.55. The van der Waals surface area contributed by atoms with E-state index in [-0.39, 0.29) is 37.7 Å². The predicted molar refractivity (Wildman–Crippen MR) is 198 cm³/mol. The fourth-order valence-corrected chi connectivity index (χ4v) is 9.00. The van der Waals surface area contributed by atoms with Gasteiger partial charge in [-0.15, -0.1) is 0 Å². The number of carbonyl (C=O) groups is 1. The van der Waals surface area contributed by atoms with Gasteiger partial charge in [-0.3, -0.25) is 4.79 Å². The fourth-order valence-electron chi connectivity index (χ4n) is 9.00. The van der Waals surface area contributed by atoms with E-state index in [1.807, 2.05) is 46.7 Å². The lowest BCUT2D eigenvalue weighted by Gasteiger charge is -2.48. The van der Waals surface area contributed by atoms with Gasteiger partial charge in [-0.1, -0.05) is 39.8 Å². The summed E-state index contributed by atoms with van der Waals surface area (Å²) in [5, 5.41) is 50.5. The van der Waals surface area contributed by atoms with E-state index in [4.69, 9.17) is 38.0 Å². The molecule has 0 aliphatic carbocycles. The number of carbonyl (C=O) groups excluding carboxylic acids is 1.